The third kappa shape index (κ3) is 9.27. The number of carbonyl (C=O) groups excluding carboxylic acids is 1. The van der Waals surface area contributed by atoms with Crippen molar-refractivity contribution in [3.05, 3.63) is 0 Å². The smallest absolute Gasteiger partial charge is 0.408 e. The number of nitrogens with one attached hydrogen (secondary N) is 3. The van der Waals surface area contributed by atoms with Gasteiger partial charge in [0.2, 0.25) is 0 Å². The predicted molar refractivity (Wildman–Crippen MR) is 106 cm³/mol. The molecule has 26 heavy (non-hydrogen) atoms. The first kappa shape index (κ1) is 22.5. The highest BCUT2D eigenvalue weighted by atomic mass is 16.6. The van der Waals surface area contributed by atoms with Crippen LogP contribution in [-0.4, -0.2) is 56.5 Å². The molecule has 152 valence electrons. The molecule has 1 fully saturated rings. The highest BCUT2D eigenvalue weighted by Gasteiger charge is 2.42. The Labute approximate surface area is 158 Å². The Morgan fingerprint density at radius 1 is 1.15 bits per heavy atom. The Kier molecular flexibility index (Phi) is 8.18. The van der Waals surface area contributed by atoms with Crippen LogP contribution in [0.25, 0.3) is 0 Å². The average Bonchev–Trinajstić information content (AvgIpc) is 3.25. The number of rotatable bonds is 9. The molecule has 1 amide bonds. The number of guanidine groups is 1. The average molecular weight is 371 g/mol. The molecule has 0 aromatic carbocycles. The standard InChI is InChI=1S/C19H38N4O3/c1-8-25-12-11-19(9-10-19)14-22-15(20-7)21-13-18(5,6)23-16(24)26-17(2,3)4/h8-14H2,1-7H3,(H,23,24)(H2,20,21,22). The third-order valence-corrected chi connectivity index (χ3v) is 4.33. The summed E-state index contributed by atoms with van der Waals surface area (Å²) in [6.45, 7) is 14.5. The highest BCUT2D eigenvalue weighted by molar-refractivity contribution is 5.80. The maximum Gasteiger partial charge on any atom is 0.408 e. The molecule has 0 aromatic rings. The van der Waals surface area contributed by atoms with Gasteiger partial charge in [-0.3, -0.25) is 4.99 Å². The molecule has 0 atom stereocenters. The largest absolute Gasteiger partial charge is 0.444 e. The SMILES string of the molecule is CCOCCC1(CNC(=NC)NCC(C)(C)NC(=O)OC(C)(C)C)CC1. The van der Waals surface area contributed by atoms with Gasteiger partial charge in [0.15, 0.2) is 5.96 Å². The van der Waals surface area contributed by atoms with E-state index < -0.39 is 17.2 Å². The van der Waals surface area contributed by atoms with Crippen LogP contribution in [0.5, 0.6) is 0 Å². The van der Waals surface area contributed by atoms with Gasteiger partial charge in [-0.15, -0.1) is 0 Å². The number of carbonyl (C=O) groups is 1. The van der Waals surface area contributed by atoms with Crippen molar-refractivity contribution in [2.75, 3.05) is 33.4 Å². The molecular formula is C19H38N4O3. The second-order valence-corrected chi connectivity index (χ2v) is 8.74. The van der Waals surface area contributed by atoms with Crippen LogP contribution in [0.1, 0.15) is 60.8 Å². The number of amides is 1. The minimum atomic E-state index is -0.509. The lowest BCUT2D eigenvalue weighted by Crippen LogP contribution is -2.54. The number of hydrogen-bond donors (Lipinski definition) is 3. The Balaban J connectivity index is 2.37. The van der Waals surface area contributed by atoms with Gasteiger partial charge in [0.05, 0.1) is 5.54 Å². The summed E-state index contributed by atoms with van der Waals surface area (Å²) < 4.78 is 10.8. The van der Waals surface area contributed by atoms with Gasteiger partial charge in [-0.2, -0.15) is 0 Å². The van der Waals surface area contributed by atoms with E-state index in [2.05, 4.69) is 20.9 Å². The molecule has 0 saturated heterocycles. The lowest BCUT2D eigenvalue weighted by molar-refractivity contribution is 0.0474. The Morgan fingerprint density at radius 3 is 2.31 bits per heavy atom. The Morgan fingerprint density at radius 2 is 1.81 bits per heavy atom. The van der Waals surface area contributed by atoms with Crippen molar-refractivity contribution < 1.29 is 14.3 Å². The van der Waals surface area contributed by atoms with Crippen LogP contribution >= 0.6 is 0 Å². The van der Waals surface area contributed by atoms with Crippen molar-refractivity contribution in [3.63, 3.8) is 0 Å². The molecular weight excluding hydrogens is 332 g/mol. The highest BCUT2D eigenvalue weighted by Crippen LogP contribution is 2.48. The van der Waals surface area contributed by atoms with Crippen molar-refractivity contribution in [1.82, 2.24) is 16.0 Å². The van der Waals surface area contributed by atoms with Crippen molar-refractivity contribution in [3.8, 4) is 0 Å². The molecule has 0 aromatic heterocycles. The normalized spacial score (nSPS) is 16.8. The van der Waals surface area contributed by atoms with Gasteiger partial charge in [0.25, 0.3) is 0 Å². The fourth-order valence-electron chi connectivity index (χ4n) is 2.55. The molecule has 7 nitrogen and oxygen atoms in total. The summed E-state index contributed by atoms with van der Waals surface area (Å²) >= 11 is 0. The molecule has 0 spiro atoms. The third-order valence-electron chi connectivity index (χ3n) is 4.33. The van der Waals surface area contributed by atoms with Gasteiger partial charge in [-0.05, 0) is 66.2 Å². The molecule has 0 heterocycles. The van der Waals surface area contributed by atoms with Crippen LogP contribution in [0.4, 0.5) is 4.79 Å². The Hall–Kier alpha value is -1.50. The van der Waals surface area contributed by atoms with E-state index in [0.29, 0.717) is 12.0 Å². The molecule has 0 unspecified atom stereocenters. The molecule has 1 aliphatic carbocycles. The first-order chi connectivity index (χ1) is 12.0. The van der Waals surface area contributed by atoms with Crippen LogP contribution < -0.4 is 16.0 Å². The summed E-state index contributed by atoms with van der Waals surface area (Å²) in [6.07, 6.45) is 3.13. The van der Waals surface area contributed by atoms with Crippen LogP contribution in [-0.2, 0) is 9.47 Å². The zero-order chi connectivity index (χ0) is 19.8. The Bertz CT molecular complexity index is 480. The number of hydrogen-bond acceptors (Lipinski definition) is 4. The summed E-state index contributed by atoms with van der Waals surface area (Å²) in [7, 11) is 1.75. The number of alkyl carbamates (subject to hydrolysis) is 1. The summed E-state index contributed by atoms with van der Waals surface area (Å²) in [6, 6.07) is 0. The van der Waals surface area contributed by atoms with E-state index in [1.54, 1.807) is 7.05 Å². The summed E-state index contributed by atoms with van der Waals surface area (Å²) in [4.78, 5) is 16.2. The molecule has 7 heteroatoms. The first-order valence-electron chi connectivity index (χ1n) is 9.54. The molecule has 0 aliphatic heterocycles. The number of nitrogens with zero attached hydrogens (tertiary/aromatic N) is 1. The molecule has 0 radical (unpaired) electrons. The minimum Gasteiger partial charge on any atom is -0.444 e. The predicted octanol–water partition coefficient (Wildman–Crippen LogP) is 2.66. The van der Waals surface area contributed by atoms with E-state index in [-0.39, 0.29) is 0 Å². The van der Waals surface area contributed by atoms with E-state index in [0.717, 1.165) is 32.1 Å². The van der Waals surface area contributed by atoms with E-state index in [9.17, 15) is 4.79 Å². The van der Waals surface area contributed by atoms with Crippen LogP contribution in [0, 0.1) is 5.41 Å². The first-order valence-corrected chi connectivity index (χ1v) is 9.54. The van der Waals surface area contributed by atoms with Crippen LogP contribution in [0.3, 0.4) is 0 Å². The van der Waals surface area contributed by atoms with Gasteiger partial charge in [-0.1, -0.05) is 0 Å². The second kappa shape index (κ2) is 9.44. The fourth-order valence-corrected chi connectivity index (χ4v) is 2.55. The maximum absolute atomic E-state index is 12.0. The van der Waals surface area contributed by atoms with Crippen LogP contribution in [0.2, 0.25) is 0 Å². The molecule has 3 N–H and O–H groups in total. The number of ether oxygens (including phenoxy) is 2. The molecule has 1 saturated carbocycles. The lowest BCUT2D eigenvalue weighted by Gasteiger charge is -2.29. The topological polar surface area (TPSA) is 84.0 Å². The zero-order valence-electron chi connectivity index (χ0n) is 17.6. The maximum atomic E-state index is 12.0. The van der Waals surface area contributed by atoms with E-state index in [4.69, 9.17) is 9.47 Å². The van der Waals surface area contributed by atoms with E-state index >= 15 is 0 Å². The molecule has 1 aliphatic rings. The van der Waals surface area contributed by atoms with Crippen molar-refractivity contribution in [2.45, 2.75) is 71.9 Å². The van der Waals surface area contributed by atoms with Gasteiger partial charge in [0.1, 0.15) is 5.60 Å². The second-order valence-electron chi connectivity index (χ2n) is 8.74. The van der Waals surface area contributed by atoms with Crippen molar-refractivity contribution in [2.24, 2.45) is 10.4 Å². The van der Waals surface area contributed by atoms with Gasteiger partial charge in [-0.25, -0.2) is 4.79 Å². The van der Waals surface area contributed by atoms with E-state index in [1.165, 1.54) is 12.8 Å². The lowest BCUT2D eigenvalue weighted by atomic mass is 10.0. The monoisotopic (exact) mass is 370 g/mol. The summed E-state index contributed by atoms with van der Waals surface area (Å²) in [5, 5.41) is 9.57. The van der Waals surface area contributed by atoms with Crippen LogP contribution in [0.15, 0.2) is 4.99 Å². The summed E-state index contributed by atoms with van der Waals surface area (Å²) in [5.41, 5.74) is -0.630. The van der Waals surface area contributed by atoms with Gasteiger partial charge >= 0.3 is 6.09 Å². The minimum absolute atomic E-state index is 0.344. The number of aliphatic imine (C=N–C) groups is 1. The quantitative estimate of drug-likeness (QED) is 0.330. The van der Waals surface area contributed by atoms with E-state index in [1.807, 2.05) is 41.5 Å². The van der Waals surface area contributed by atoms with Gasteiger partial charge < -0.3 is 25.4 Å². The zero-order valence-corrected chi connectivity index (χ0v) is 17.6. The fraction of sp³-hybridized carbons (Fsp3) is 0.895. The molecule has 1 rings (SSSR count). The van der Waals surface area contributed by atoms with Crippen molar-refractivity contribution in [1.29, 1.82) is 0 Å². The summed E-state index contributed by atoms with van der Waals surface area (Å²) in [5.74, 6) is 0.742. The van der Waals surface area contributed by atoms with Crippen molar-refractivity contribution >= 4 is 12.1 Å². The molecule has 0 bridgehead atoms. The van der Waals surface area contributed by atoms with Gasteiger partial charge in [0, 0.05) is 33.4 Å².